The molecule has 0 spiro atoms. The molecule has 0 radical (unpaired) electrons. The third kappa shape index (κ3) is 5.12. The lowest BCUT2D eigenvalue weighted by Gasteiger charge is -2.22. The van der Waals surface area contributed by atoms with Gasteiger partial charge in [-0.1, -0.05) is 12.1 Å². The van der Waals surface area contributed by atoms with E-state index in [1.165, 1.54) is 0 Å². The van der Waals surface area contributed by atoms with Gasteiger partial charge >= 0.3 is 0 Å². The predicted octanol–water partition coefficient (Wildman–Crippen LogP) is 3.74. The van der Waals surface area contributed by atoms with Crippen molar-refractivity contribution < 1.29 is 4.74 Å². The molecule has 98 valence electrons. The minimum Gasteiger partial charge on any atom is -0.491 e. The number of nitrogens with one attached hydrogen (secondary N) is 1. The second-order valence-corrected chi connectivity index (χ2v) is 5.99. The average Bonchev–Trinajstić information content (AvgIpc) is 2.28. The molecule has 1 rings (SSSR count). The van der Waals surface area contributed by atoms with Crippen LogP contribution in [0.25, 0.3) is 0 Å². The van der Waals surface area contributed by atoms with E-state index in [4.69, 9.17) is 11.2 Å². The summed E-state index contributed by atoms with van der Waals surface area (Å²) < 4.78 is 6.71. The number of hydrogen-bond acceptors (Lipinski definition) is 2. The summed E-state index contributed by atoms with van der Waals surface area (Å²) in [6, 6.07) is 6.05. The van der Waals surface area contributed by atoms with Crippen LogP contribution in [-0.4, -0.2) is 12.1 Å². The fourth-order valence-electron chi connectivity index (χ4n) is 1.43. The first kappa shape index (κ1) is 15.1. The van der Waals surface area contributed by atoms with E-state index in [9.17, 15) is 0 Å². The number of rotatable bonds is 5. The molecule has 0 aliphatic rings. The van der Waals surface area contributed by atoms with Gasteiger partial charge in [0.25, 0.3) is 0 Å². The highest BCUT2D eigenvalue weighted by Gasteiger charge is 2.12. The van der Waals surface area contributed by atoms with Gasteiger partial charge in [0.05, 0.1) is 11.1 Å². The molecule has 0 saturated heterocycles. The first-order chi connectivity index (χ1) is 8.44. The Hall–Kier alpha value is -0.980. The molecule has 0 unspecified atom stereocenters. The minimum atomic E-state index is 0.0817. The molecule has 0 bridgehead atoms. The highest BCUT2D eigenvalue weighted by Crippen LogP contribution is 2.29. The van der Waals surface area contributed by atoms with Crippen molar-refractivity contribution in [3.63, 3.8) is 0 Å². The number of hydrogen-bond donors (Lipinski definition) is 1. The van der Waals surface area contributed by atoms with Gasteiger partial charge in [-0.3, -0.25) is 0 Å². The van der Waals surface area contributed by atoms with Crippen molar-refractivity contribution in [2.75, 3.05) is 6.61 Å². The van der Waals surface area contributed by atoms with E-state index in [0.717, 1.165) is 22.3 Å². The lowest BCUT2D eigenvalue weighted by atomic mass is 10.1. The van der Waals surface area contributed by atoms with Crippen LogP contribution in [0.1, 0.15) is 32.8 Å². The minimum absolute atomic E-state index is 0.0817. The molecule has 0 heterocycles. The van der Waals surface area contributed by atoms with Crippen LogP contribution in [-0.2, 0) is 6.54 Å². The van der Waals surface area contributed by atoms with Gasteiger partial charge in [0, 0.05) is 24.1 Å². The lowest BCUT2D eigenvalue weighted by Crippen LogP contribution is -2.35. The van der Waals surface area contributed by atoms with Crippen LogP contribution in [0.5, 0.6) is 5.75 Å². The normalized spacial score (nSPS) is 11.1. The Balaban J connectivity index is 2.77. The average molecular weight is 310 g/mol. The van der Waals surface area contributed by atoms with E-state index >= 15 is 0 Å². The van der Waals surface area contributed by atoms with Crippen LogP contribution >= 0.6 is 15.9 Å². The van der Waals surface area contributed by atoms with E-state index in [1.807, 2.05) is 12.1 Å². The number of halogens is 1. The standard InChI is InChI=1S/C15H20BrNO/c1-5-6-10-18-14-12(8-7-9-13(14)16)11-17-15(2,3)4/h1,7-9,17H,6,10-11H2,2-4H3. The smallest absolute Gasteiger partial charge is 0.137 e. The molecule has 0 fully saturated rings. The molecule has 2 nitrogen and oxygen atoms in total. The molecule has 1 N–H and O–H groups in total. The summed E-state index contributed by atoms with van der Waals surface area (Å²) >= 11 is 3.52. The van der Waals surface area contributed by atoms with E-state index in [0.29, 0.717) is 13.0 Å². The van der Waals surface area contributed by atoms with Gasteiger partial charge in [0.2, 0.25) is 0 Å². The van der Waals surface area contributed by atoms with Crippen LogP contribution in [0.15, 0.2) is 22.7 Å². The summed E-state index contributed by atoms with van der Waals surface area (Å²) in [4.78, 5) is 0. The summed E-state index contributed by atoms with van der Waals surface area (Å²) in [6.45, 7) is 7.74. The van der Waals surface area contributed by atoms with E-state index in [-0.39, 0.29) is 5.54 Å². The van der Waals surface area contributed by atoms with E-state index in [2.05, 4.69) is 54.0 Å². The SMILES string of the molecule is C#CCCOc1c(Br)cccc1CNC(C)(C)C. The number of benzene rings is 1. The second-order valence-electron chi connectivity index (χ2n) is 5.13. The van der Waals surface area contributed by atoms with Crippen LogP contribution < -0.4 is 10.1 Å². The van der Waals surface area contributed by atoms with E-state index < -0.39 is 0 Å². The summed E-state index contributed by atoms with van der Waals surface area (Å²) in [5.41, 5.74) is 1.22. The molecule has 1 aromatic rings. The lowest BCUT2D eigenvalue weighted by molar-refractivity contribution is 0.318. The number of terminal acetylenes is 1. The zero-order chi connectivity index (χ0) is 13.6. The van der Waals surface area contributed by atoms with E-state index in [1.54, 1.807) is 0 Å². The monoisotopic (exact) mass is 309 g/mol. The number of para-hydroxylation sites is 1. The fourth-order valence-corrected chi connectivity index (χ4v) is 1.95. The molecular formula is C15H20BrNO. The largest absolute Gasteiger partial charge is 0.491 e. The summed E-state index contributed by atoms with van der Waals surface area (Å²) in [7, 11) is 0. The molecule has 0 aliphatic carbocycles. The quantitative estimate of drug-likeness (QED) is 0.661. The zero-order valence-electron chi connectivity index (χ0n) is 11.2. The van der Waals surface area contributed by atoms with Gasteiger partial charge in [-0.15, -0.1) is 12.3 Å². The Bertz CT molecular complexity index is 429. The maximum Gasteiger partial charge on any atom is 0.137 e. The van der Waals surface area contributed by atoms with Crippen molar-refractivity contribution in [1.29, 1.82) is 0 Å². The molecule has 0 amide bonds. The molecule has 18 heavy (non-hydrogen) atoms. The van der Waals surface area contributed by atoms with Crippen LogP contribution in [0.2, 0.25) is 0 Å². The third-order valence-electron chi connectivity index (χ3n) is 2.35. The molecule has 0 saturated carbocycles. The zero-order valence-corrected chi connectivity index (χ0v) is 12.8. The van der Waals surface area contributed by atoms with Crippen molar-refractivity contribution in [3.8, 4) is 18.1 Å². The van der Waals surface area contributed by atoms with Crippen molar-refractivity contribution in [2.45, 2.75) is 39.3 Å². The molecule has 3 heteroatoms. The molecular weight excluding hydrogens is 290 g/mol. The number of ether oxygens (including phenoxy) is 1. The van der Waals surface area contributed by atoms with Crippen LogP contribution in [0, 0.1) is 12.3 Å². The Morgan fingerprint density at radius 3 is 2.72 bits per heavy atom. The fraction of sp³-hybridized carbons (Fsp3) is 0.467. The van der Waals surface area contributed by atoms with Crippen LogP contribution in [0.4, 0.5) is 0 Å². The molecule has 0 aromatic heterocycles. The predicted molar refractivity (Wildman–Crippen MR) is 79.7 cm³/mol. The van der Waals surface area contributed by atoms with Gasteiger partial charge in [-0.25, -0.2) is 0 Å². The Labute approximate surface area is 118 Å². The van der Waals surface area contributed by atoms with Gasteiger partial charge in [-0.05, 0) is 42.8 Å². The van der Waals surface area contributed by atoms with Crippen molar-refractivity contribution >= 4 is 15.9 Å². The van der Waals surface area contributed by atoms with Gasteiger partial charge in [0.1, 0.15) is 5.75 Å². The first-order valence-corrected chi connectivity index (χ1v) is 6.82. The van der Waals surface area contributed by atoms with Crippen molar-refractivity contribution in [3.05, 3.63) is 28.2 Å². The summed E-state index contributed by atoms with van der Waals surface area (Å²) in [5, 5.41) is 3.46. The van der Waals surface area contributed by atoms with Crippen LogP contribution in [0.3, 0.4) is 0 Å². The van der Waals surface area contributed by atoms with Gasteiger partial charge < -0.3 is 10.1 Å². The summed E-state index contributed by atoms with van der Waals surface area (Å²) in [5.74, 6) is 3.46. The second kappa shape index (κ2) is 6.82. The highest BCUT2D eigenvalue weighted by atomic mass is 79.9. The van der Waals surface area contributed by atoms with Gasteiger partial charge in [0.15, 0.2) is 0 Å². The van der Waals surface area contributed by atoms with Crippen molar-refractivity contribution in [1.82, 2.24) is 5.32 Å². The Kier molecular flexibility index (Phi) is 5.71. The van der Waals surface area contributed by atoms with Crippen molar-refractivity contribution in [2.24, 2.45) is 0 Å². The van der Waals surface area contributed by atoms with Gasteiger partial charge in [-0.2, -0.15) is 0 Å². The third-order valence-corrected chi connectivity index (χ3v) is 2.97. The maximum atomic E-state index is 5.74. The topological polar surface area (TPSA) is 21.3 Å². The molecule has 0 atom stereocenters. The highest BCUT2D eigenvalue weighted by molar-refractivity contribution is 9.10. The maximum absolute atomic E-state index is 5.74. The Morgan fingerprint density at radius 2 is 2.11 bits per heavy atom. The molecule has 0 aliphatic heterocycles. The Morgan fingerprint density at radius 1 is 1.39 bits per heavy atom. The first-order valence-electron chi connectivity index (χ1n) is 6.03. The summed E-state index contributed by atoms with van der Waals surface area (Å²) in [6.07, 6.45) is 5.85. The molecule has 1 aromatic carbocycles.